The molecule has 0 unspecified atom stereocenters. The van der Waals surface area contributed by atoms with Crippen LogP contribution in [0.4, 0.5) is 0 Å². The Bertz CT molecular complexity index is 698. The van der Waals surface area contributed by atoms with Gasteiger partial charge in [0.1, 0.15) is 5.76 Å². The zero-order chi connectivity index (χ0) is 13.8. The normalized spacial score (nSPS) is 11.1. The van der Waals surface area contributed by atoms with Crippen molar-refractivity contribution in [2.45, 2.75) is 19.9 Å². The van der Waals surface area contributed by atoms with Crippen molar-refractivity contribution in [3.63, 3.8) is 0 Å². The second-order valence-electron chi connectivity index (χ2n) is 4.81. The topological polar surface area (TPSA) is 38.1 Å². The molecule has 0 amide bonds. The van der Waals surface area contributed by atoms with Gasteiger partial charge in [-0.15, -0.1) is 0 Å². The lowest BCUT2D eigenvalue weighted by Crippen LogP contribution is -2.13. The average molecular weight is 266 g/mol. The van der Waals surface area contributed by atoms with E-state index in [4.69, 9.17) is 4.42 Å². The highest BCUT2D eigenvalue weighted by Crippen LogP contribution is 2.30. The zero-order valence-corrected chi connectivity index (χ0v) is 11.6. The first-order valence-electron chi connectivity index (χ1n) is 7.01. The number of hydrogen-bond acceptors (Lipinski definition) is 3. The van der Waals surface area contributed by atoms with Crippen LogP contribution >= 0.6 is 0 Å². The predicted octanol–water partition coefficient (Wildman–Crippen LogP) is 3.99. The minimum absolute atomic E-state index is 0.749. The molecular formula is C17H18N2O. The maximum Gasteiger partial charge on any atom is 0.125 e. The summed E-state index contributed by atoms with van der Waals surface area (Å²) in [5.74, 6) is 0.969. The fourth-order valence-corrected chi connectivity index (χ4v) is 2.42. The molecule has 3 nitrogen and oxygen atoms in total. The first kappa shape index (κ1) is 12.9. The Morgan fingerprint density at radius 2 is 2.00 bits per heavy atom. The van der Waals surface area contributed by atoms with Crippen LogP contribution in [0.5, 0.6) is 0 Å². The summed E-state index contributed by atoms with van der Waals surface area (Å²) in [5.41, 5.74) is 3.27. The summed E-state index contributed by atoms with van der Waals surface area (Å²) >= 11 is 0. The highest BCUT2D eigenvalue weighted by atomic mass is 16.3. The molecule has 0 aliphatic heterocycles. The van der Waals surface area contributed by atoms with Gasteiger partial charge in [-0.25, -0.2) is 0 Å². The van der Waals surface area contributed by atoms with E-state index in [0.29, 0.717) is 0 Å². The maximum absolute atomic E-state index is 5.62. The van der Waals surface area contributed by atoms with Gasteiger partial charge in [0.2, 0.25) is 0 Å². The minimum atomic E-state index is 0.749. The third-order valence-corrected chi connectivity index (χ3v) is 3.38. The average Bonchev–Trinajstić information content (AvgIpc) is 2.95. The lowest BCUT2D eigenvalue weighted by atomic mass is 10.0. The first-order chi connectivity index (χ1) is 9.90. The summed E-state index contributed by atoms with van der Waals surface area (Å²) in [6.07, 6.45) is 4.70. The Balaban J connectivity index is 2.01. The summed E-state index contributed by atoms with van der Waals surface area (Å²) < 4.78 is 5.62. The van der Waals surface area contributed by atoms with Gasteiger partial charge in [0, 0.05) is 22.7 Å². The van der Waals surface area contributed by atoms with Gasteiger partial charge in [0.05, 0.1) is 18.3 Å². The Morgan fingerprint density at radius 1 is 1.10 bits per heavy atom. The molecule has 20 heavy (non-hydrogen) atoms. The van der Waals surface area contributed by atoms with Crippen molar-refractivity contribution in [1.82, 2.24) is 10.3 Å². The van der Waals surface area contributed by atoms with Crippen LogP contribution < -0.4 is 5.32 Å². The molecule has 0 atom stereocenters. The monoisotopic (exact) mass is 266 g/mol. The smallest absolute Gasteiger partial charge is 0.125 e. The van der Waals surface area contributed by atoms with Gasteiger partial charge in [0.25, 0.3) is 0 Å². The highest BCUT2D eigenvalue weighted by Gasteiger charge is 2.11. The number of nitrogens with one attached hydrogen (secondary N) is 1. The van der Waals surface area contributed by atoms with Crippen LogP contribution in [0.2, 0.25) is 0 Å². The molecule has 3 aromatic rings. The van der Waals surface area contributed by atoms with E-state index in [0.717, 1.165) is 47.3 Å². The molecule has 0 saturated carbocycles. The highest BCUT2D eigenvalue weighted by molar-refractivity contribution is 5.93. The summed E-state index contributed by atoms with van der Waals surface area (Å²) in [5, 5.41) is 4.53. The molecule has 0 bridgehead atoms. The Hall–Kier alpha value is -2.13. The number of pyridine rings is 1. The number of aromatic nitrogens is 1. The zero-order valence-electron chi connectivity index (χ0n) is 11.6. The standard InChI is InChI=1S/C17H18N2O/c1-2-9-18-12-16-14(8-11-20-16)15-7-3-5-13-6-4-10-19-17(13)15/h3-8,10-11,18H,2,9,12H2,1H3. The van der Waals surface area contributed by atoms with Crippen molar-refractivity contribution in [3.8, 4) is 11.1 Å². The predicted molar refractivity (Wildman–Crippen MR) is 81.4 cm³/mol. The summed E-state index contributed by atoms with van der Waals surface area (Å²) in [6, 6.07) is 12.3. The molecule has 3 heteroatoms. The molecule has 3 rings (SSSR count). The molecule has 0 radical (unpaired) electrons. The van der Waals surface area contributed by atoms with Gasteiger partial charge >= 0.3 is 0 Å². The molecule has 0 saturated heterocycles. The lowest BCUT2D eigenvalue weighted by Gasteiger charge is -2.07. The van der Waals surface area contributed by atoms with Crippen LogP contribution in [0.3, 0.4) is 0 Å². The molecule has 1 N–H and O–H groups in total. The minimum Gasteiger partial charge on any atom is -0.467 e. The summed E-state index contributed by atoms with van der Waals surface area (Å²) in [4.78, 5) is 4.51. The Kier molecular flexibility index (Phi) is 3.79. The quantitative estimate of drug-likeness (QED) is 0.709. The number of rotatable bonds is 5. The summed E-state index contributed by atoms with van der Waals surface area (Å²) in [6.45, 7) is 3.90. The maximum atomic E-state index is 5.62. The van der Waals surface area contributed by atoms with Crippen molar-refractivity contribution in [1.29, 1.82) is 0 Å². The molecule has 2 heterocycles. The Labute approximate surface area is 118 Å². The van der Waals surface area contributed by atoms with Gasteiger partial charge in [-0.3, -0.25) is 4.98 Å². The fraction of sp³-hybridized carbons (Fsp3) is 0.235. The second-order valence-corrected chi connectivity index (χ2v) is 4.81. The number of fused-ring (bicyclic) bond motifs is 1. The van der Waals surface area contributed by atoms with E-state index in [9.17, 15) is 0 Å². The van der Waals surface area contributed by atoms with E-state index in [2.05, 4.69) is 41.5 Å². The van der Waals surface area contributed by atoms with Crippen molar-refractivity contribution in [2.75, 3.05) is 6.54 Å². The van der Waals surface area contributed by atoms with Crippen molar-refractivity contribution < 1.29 is 4.42 Å². The van der Waals surface area contributed by atoms with Crippen LogP contribution in [-0.2, 0) is 6.54 Å². The number of nitrogens with zero attached hydrogens (tertiary/aromatic N) is 1. The fourth-order valence-electron chi connectivity index (χ4n) is 2.42. The molecule has 0 fully saturated rings. The van der Waals surface area contributed by atoms with Crippen LogP contribution in [0.15, 0.2) is 53.3 Å². The molecule has 1 aromatic carbocycles. The van der Waals surface area contributed by atoms with Gasteiger partial charge in [-0.05, 0) is 25.1 Å². The lowest BCUT2D eigenvalue weighted by molar-refractivity contribution is 0.484. The van der Waals surface area contributed by atoms with Crippen molar-refractivity contribution in [2.24, 2.45) is 0 Å². The molecule has 102 valence electrons. The SMILES string of the molecule is CCCNCc1occc1-c1cccc2cccnc12. The van der Waals surface area contributed by atoms with E-state index < -0.39 is 0 Å². The number of para-hydroxylation sites is 1. The molecular weight excluding hydrogens is 248 g/mol. The van der Waals surface area contributed by atoms with Gasteiger partial charge in [0.15, 0.2) is 0 Å². The molecule has 0 aliphatic carbocycles. The van der Waals surface area contributed by atoms with E-state index in [1.807, 2.05) is 18.3 Å². The Morgan fingerprint density at radius 3 is 2.90 bits per heavy atom. The van der Waals surface area contributed by atoms with Crippen LogP contribution in [-0.4, -0.2) is 11.5 Å². The van der Waals surface area contributed by atoms with Gasteiger partial charge in [-0.2, -0.15) is 0 Å². The van der Waals surface area contributed by atoms with Crippen molar-refractivity contribution >= 4 is 10.9 Å². The van der Waals surface area contributed by atoms with E-state index in [-0.39, 0.29) is 0 Å². The molecule has 2 aromatic heterocycles. The van der Waals surface area contributed by atoms with Crippen LogP contribution in [0.25, 0.3) is 22.0 Å². The third-order valence-electron chi connectivity index (χ3n) is 3.38. The first-order valence-corrected chi connectivity index (χ1v) is 7.01. The van der Waals surface area contributed by atoms with Gasteiger partial charge < -0.3 is 9.73 Å². The van der Waals surface area contributed by atoms with E-state index >= 15 is 0 Å². The second kappa shape index (κ2) is 5.88. The van der Waals surface area contributed by atoms with Crippen LogP contribution in [0.1, 0.15) is 19.1 Å². The van der Waals surface area contributed by atoms with E-state index in [1.54, 1.807) is 6.26 Å². The molecule has 0 spiro atoms. The molecule has 0 aliphatic rings. The van der Waals surface area contributed by atoms with E-state index in [1.165, 1.54) is 0 Å². The van der Waals surface area contributed by atoms with Gasteiger partial charge in [-0.1, -0.05) is 31.2 Å². The number of hydrogen-bond donors (Lipinski definition) is 1. The third kappa shape index (κ3) is 2.45. The number of benzene rings is 1. The largest absolute Gasteiger partial charge is 0.467 e. The van der Waals surface area contributed by atoms with Crippen molar-refractivity contribution in [3.05, 3.63) is 54.6 Å². The van der Waals surface area contributed by atoms with Crippen LogP contribution in [0, 0.1) is 0 Å². The number of furan rings is 1. The summed E-state index contributed by atoms with van der Waals surface area (Å²) in [7, 11) is 0.